The molecule has 0 spiro atoms. The first-order valence-electron chi connectivity index (χ1n) is 7.75. The van der Waals surface area contributed by atoms with E-state index in [0.29, 0.717) is 11.3 Å². The van der Waals surface area contributed by atoms with E-state index in [2.05, 4.69) is 10.3 Å². The van der Waals surface area contributed by atoms with Gasteiger partial charge < -0.3 is 9.88 Å². The van der Waals surface area contributed by atoms with E-state index in [1.165, 1.54) is 35.3 Å². The molecule has 1 N–H and O–H groups in total. The van der Waals surface area contributed by atoms with Gasteiger partial charge in [-0.2, -0.15) is 0 Å². The minimum Gasteiger partial charge on any atom is -0.375 e. The molecule has 0 saturated heterocycles. The van der Waals surface area contributed by atoms with E-state index < -0.39 is 20.6 Å². The largest absolute Gasteiger partial charge is 0.375 e. The van der Waals surface area contributed by atoms with Crippen LogP contribution in [0.5, 0.6) is 0 Å². The molecule has 8 nitrogen and oxygen atoms in total. The second-order valence-electron chi connectivity index (χ2n) is 5.82. The van der Waals surface area contributed by atoms with Crippen LogP contribution in [-0.2, 0) is 16.4 Å². The van der Waals surface area contributed by atoms with Gasteiger partial charge in [-0.1, -0.05) is 6.07 Å². The van der Waals surface area contributed by atoms with Crippen LogP contribution in [0.1, 0.15) is 5.56 Å². The first-order chi connectivity index (χ1) is 12.8. The van der Waals surface area contributed by atoms with Crippen molar-refractivity contribution in [3.05, 3.63) is 76.6 Å². The molecular weight excluding hydrogens is 375 g/mol. The van der Waals surface area contributed by atoms with E-state index in [1.54, 1.807) is 18.3 Å². The molecule has 3 rings (SSSR count). The molecule has 0 bridgehead atoms. The van der Waals surface area contributed by atoms with E-state index in [4.69, 9.17) is 0 Å². The highest BCUT2D eigenvalue weighted by atomic mass is 32.2. The van der Waals surface area contributed by atoms with Gasteiger partial charge in [-0.15, -0.1) is 0 Å². The van der Waals surface area contributed by atoms with Crippen LogP contribution in [0.15, 0.2) is 60.0 Å². The quantitative estimate of drug-likeness (QED) is 0.512. The molecule has 1 heterocycles. The maximum absolute atomic E-state index is 14.3. The number of anilines is 1. The van der Waals surface area contributed by atoms with Crippen molar-refractivity contribution in [3.63, 3.8) is 0 Å². The van der Waals surface area contributed by atoms with Crippen LogP contribution in [0, 0.1) is 15.9 Å². The lowest BCUT2D eigenvalue weighted by atomic mass is 10.2. The Morgan fingerprint density at radius 3 is 2.63 bits per heavy atom. The highest BCUT2D eigenvalue weighted by molar-refractivity contribution is 7.90. The van der Waals surface area contributed by atoms with Crippen molar-refractivity contribution in [3.8, 4) is 5.69 Å². The van der Waals surface area contributed by atoms with E-state index >= 15 is 0 Å². The van der Waals surface area contributed by atoms with Crippen molar-refractivity contribution in [1.82, 2.24) is 9.55 Å². The minimum absolute atomic E-state index is 0.125. The molecule has 10 heteroatoms. The Morgan fingerprint density at radius 2 is 2.04 bits per heavy atom. The summed E-state index contributed by atoms with van der Waals surface area (Å²) >= 11 is 0. The molecule has 0 fully saturated rings. The SMILES string of the molecule is CS(=O)(=O)c1ccc(NCc2ccc(-n3ccnc3)c(F)c2)c([N+](=O)[O-])c1. The number of benzene rings is 2. The Hall–Kier alpha value is -3.27. The second-order valence-corrected chi connectivity index (χ2v) is 7.83. The molecule has 1 aromatic heterocycles. The fourth-order valence-corrected chi connectivity index (χ4v) is 3.15. The van der Waals surface area contributed by atoms with Gasteiger partial charge >= 0.3 is 0 Å². The normalized spacial score (nSPS) is 11.3. The van der Waals surface area contributed by atoms with Crippen molar-refractivity contribution in [2.45, 2.75) is 11.4 Å². The summed E-state index contributed by atoms with van der Waals surface area (Å²) in [6.07, 6.45) is 5.60. The zero-order chi connectivity index (χ0) is 19.6. The van der Waals surface area contributed by atoms with Crippen molar-refractivity contribution in [2.75, 3.05) is 11.6 Å². The Morgan fingerprint density at radius 1 is 1.26 bits per heavy atom. The van der Waals surface area contributed by atoms with Crippen LogP contribution in [0.3, 0.4) is 0 Å². The predicted octanol–water partition coefficient (Wildman–Crippen LogP) is 2.94. The Kier molecular flexibility index (Phi) is 4.91. The van der Waals surface area contributed by atoms with Gasteiger partial charge in [0.25, 0.3) is 5.69 Å². The fourth-order valence-electron chi connectivity index (χ4n) is 2.51. The molecule has 0 aliphatic carbocycles. The van der Waals surface area contributed by atoms with E-state index in [0.717, 1.165) is 12.3 Å². The molecule has 0 aliphatic heterocycles. The molecule has 2 aromatic carbocycles. The van der Waals surface area contributed by atoms with E-state index in [1.807, 2.05) is 0 Å². The zero-order valence-electron chi connectivity index (χ0n) is 14.2. The number of sulfone groups is 1. The highest BCUT2D eigenvalue weighted by Crippen LogP contribution is 2.28. The molecule has 0 amide bonds. The van der Waals surface area contributed by atoms with Gasteiger partial charge in [0.1, 0.15) is 11.5 Å². The summed E-state index contributed by atoms with van der Waals surface area (Å²) in [5.41, 5.74) is 0.678. The third-order valence-electron chi connectivity index (χ3n) is 3.87. The van der Waals surface area contributed by atoms with E-state index in [-0.39, 0.29) is 22.8 Å². The third-order valence-corrected chi connectivity index (χ3v) is 4.98. The lowest BCUT2D eigenvalue weighted by Gasteiger charge is -2.10. The molecule has 0 radical (unpaired) electrons. The number of hydrogen-bond donors (Lipinski definition) is 1. The highest BCUT2D eigenvalue weighted by Gasteiger charge is 2.18. The Bertz CT molecular complexity index is 1100. The fraction of sp³-hybridized carbons (Fsp3) is 0.118. The Balaban J connectivity index is 1.82. The number of nitro groups is 1. The van der Waals surface area contributed by atoms with Gasteiger partial charge in [0.15, 0.2) is 9.84 Å². The first kappa shape index (κ1) is 18.5. The number of nitro benzene ring substituents is 1. The number of imidazole rings is 1. The van der Waals surface area contributed by atoms with Gasteiger partial charge in [-0.25, -0.2) is 17.8 Å². The van der Waals surface area contributed by atoms with Crippen LogP contribution in [0.25, 0.3) is 5.69 Å². The molecule has 0 atom stereocenters. The van der Waals surface area contributed by atoms with Crippen LogP contribution in [-0.4, -0.2) is 29.1 Å². The summed E-state index contributed by atoms with van der Waals surface area (Å²) in [7, 11) is -3.56. The van der Waals surface area contributed by atoms with Crippen molar-refractivity contribution < 1.29 is 17.7 Å². The monoisotopic (exact) mass is 390 g/mol. The lowest BCUT2D eigenvalue weighted by Crippen LogP contribution is -2.05. The third kappa shape index (κ3) is 4.11. The molecule has 0 saturated carbocycles. The van der Waals surface area contributed by atoms with Crippen LogP contribution < -0.4 is 5.32 Å². The number of nitrogens with one attached hydrogen (secondary N) is 1. The average Bonchev–Trinajstić information content (AvgIpc) is 3.13. The smallest absolute Gasteiger partial charge is 0.293 e. The van der Waals surface area contributed by atoms with Gasteiger partial charge in [0.05, 0.1) is 21.8 Å². The predicted molar refractivity (Wildman–Crippen MR) is 97.1 cm³/mol. The van der Waals surface area contributed by atoms with Gasteiger partial charge in [0.2, 0.25) is 0 Å². The first-order valence-corrected chi connectivity index (χ1v) is 9.64. The van der Waals surface area contributed by atoms with Crippen molar-refractivity contribution >= 4 is 21.2 Å². The summed E-state index contributed by atoms with van der Waals surface area (Å²) in [5, 5.41) is 14.1. The number of halogens is 1. The summed E-state index contributed by atoms with van der Waals surface area (Å²) in [6.45, 7) is 0.125. The van der Waals surface area contributed by atoms with Gasteiger partial charge in [-0.3, -0.25) is 10.1 Å². The molecule has 0 aliphatic rings. The standard InChI is InChI=1S/C17H15FN4O4S/c1-27(25,26)13-3-4-15(17(9-13)22(23)24)20-10-12-2-5-16(14(18)8-12)21-7-6-19-11-21/h2-9,11,20H,10H2,1H3. The number of hydrogen-bond acceptors (Lipinski definition) is 6. The van der Waals surface area contributed by atoms with Crippen LogP contribution >= 0.6 is 0 Å². The second kappa shape index (κ2) is 7.16. The Labute approximate surface area is 154 Å². The minimum atomic E-state index is -3.56. The lowest BCUT2D eigenvalue weighted by molar-refractivity contribution is -0.384. The molecule has 140 valence electrons. The van der Waals surface area contributed by atoms with E-state index in [9.17, 15) is 22.9 Å². The van der Waals surface area contributed by atoms with Crippen molar-refractivity contribution in [1.29, 1.82) is 0 Å². The molecular formula is C17H15FN4O4S. The van der Waals surface area contributed by atoms with Gasteiger partial charge in [0, 0.05) is 31.3 Å². The summed E-state index contributed by atoms with van der Waals surface area (Å²) in [4.78, 5) is 14.3. The molecule has 0 unspecified atom stereocenters. The molecule has 27 heavy (non-hydrogen) atoms. The van der Waals surface area contributed by atoms with Crippen LogP contribution in [0.4, 0.5) is 15.8 Å². The summed E-state index contributed by atoms with van der Waals surface area (Å²) in [5.74, 6) is -0.464. The molecule has 3 aromatic rings. The maximum atomic E-state index is 14.3. The van der Waals surface area contributed by atoms with Gasteiger partial charge in [-0.05, 0) is 29.8 Å². The average molecular weight is 390 g/mol. The summed E-state index contributed by atoms with van der Waals surface area (Å²) < 4.78 is 39.0. The number of rotatable bonds is 6. The van der Waals surface area contributed by atoms with Crippen LogP contribution in [0.2, 0.25) is 0 Å². The number of nitrogens with zero attached hydrogens (tertiary/aromatic N) is 3. The van der Waals surface area contributed by atoms with Crippen molar-refractivity contribution in [2.24, 2.45) is 0 Å². The zero-order valence-corrected chi connectivity index (χ0v) is 15.0. The maximum Gasteiger partial charge on any atom is 0.293 e. The number of aromatic nitrogens is 2. The topological polar surface area (TPSA) is 107 Å². The summed E-state index contributed by atoms with van der Waals surface area (Å²) in [6, 6.07) is 8.19.